The molecule has 0 saturated heterocycles. The van der Waals surface area contributed by atoms with Gasteiger partial charge in [-0.15, -0.1) is 0 Å². The molecule has 1 heterocycles. The number of esters is 1. The van der Waals surface area contributed by atoms with E-state index in [2.05, 4.69) is 10.2 Å². The number of anilines is 1. The highest BCUT2D eigenvalue weighted by atomic mass is 35.5. The maximum atomic E-state index is 11.5. The molecule has 0 aliphatic carbocycles. The molecule has 0 fully saturated rings. The molecule has 2 aromatic rings. The summed E-state index contributed by atoms with van der Waals surface area (Å²) in [5.41, 5.74) is 5.56. The first-order valence-corrected chi connectivity index (χ1v) is 4.81. The third-order valence-corrected chi connectivity index (χ3v) is 2.09. The summed E-state index contributed by atoms with van der Waals surface area (Å²) in [6.07, 6.45) is 0. The summed E-state index contributed by atoms with van der Waals surface area (Å²) in [7, 11) is 0. The minimum Gasteiger partial charge on any atom is -0.422 e. The van der Waals surface area contributed by atoms with Gasteiger partial charge in [-0.3, -0.25) is 5.10 Å². The molecule has 1 aromatic heterocycles. The maximum absolute atomic E-state index is 11.5. The summed E-state index contributed by atoms with van der Waals surface area (Å²) < 4.78 is 5.04. The quantitative estimate of drug-likeness (QED) is 0.617. The Morgan fingerprint density at radius 1 is 1.38 bits per heavy atom. The molecular weight excluding hydrogens is 230 g/mol. The lowest BCUT2D eigenvalue weighted by Crippen LogP contribution is -2.08. The lowest BCUT2D eigenvalue weighted by molar-refractivity contribution is 0.0728. The number of benzene rings is 1. The zero-order valence-electron chi connectivity index (χ0n) is 8.11. The number of rotatable bonds is 2. The molecule has 0 unspecified atom stereocenters. The van der Waals surface area contributed by atoms with Crippen LogP contribution in [0.3, 0.4) is 0 Å². The zero-order chi connectivity index (χ0) is 11.5. The van der Waals surface area contributed by atoms with Gasteiger partial charge in [-0.2, -0.15) is 5.10 Å². The highest BCUT2D eigenvalue weighted by Crippen LogP contribution is 2.16. The van der Waals surface area contributed by atoms with Crippen LogP contribution in [-0.4, -0.2) is 16.2 Å². The van der Waals surface area contributed by atoms with Crippen LogP contribution in [0.15, 0.2) is 30.3 Å². The molecule has 0 saturated carbocycles. The van der Waals surface area contributed by atoms with Gasteiger partial charge in [-0.1, -0.05) is 11.6 Å². The molecule has 0 aliphatic rings. The van der Waals surface area contributed by atoms with Crippen molar-refractivity contribution in [2.45, 2.75) is 0 Å². The third kappa shape index (κ3) is 2.32. The van der Waals surface area contributed by atoms with Crippen molar-refractivity contribution in [2.24, 2.45) is 0 Å². The Morgan fingerprint density at radius 2 is 2.06 bits per heavy atom. The van der Waals surface area contributed by atoms with E-state index >= 15 is 0 Å². The minimum atomic E-state index is -0.550. The SMILES string of the molecule is Nc1cc(C(=O)Oc2ccc(Cl)cc2)[nH]n1. The van der Waals surface area contributed by atoms with Gasteiger partial charge in [-0.25, -0.2) is 4.79 Å². The van der Waals surface area contributed by atoms with Gasteiger partial charge in [0, 0.05) is 11.1 Å². The molecule has 2 rings (SSSR count). The highest BCUT2D eigenvalue weighted by Gasteiger charge is 2.11. The summed E-state index contributed by atoms with van der Waals surface area (Å²) in [5, 5.41) is 6.66. The number of nitrogens with two attached hydrogens (primary N) is 1. The van der Waals surface area contributed by atoms with Crippen LogP contribution in [0.5, 0.6) is 5.75 Å². The Labute approximate surface area is 96.2 Å². The molecule has 0 bridgehead atoms. The van der Waals surface area contributed by atoms with Crippen LogP contribution in [-0.2, 0) is 0 Å². The van der Waals surface area contributed by atoms with Crippen LogP contribution >= 0.6 is 11.6 Å². The predicted octanol–water partition coefficient (Wildman–Crippen LogP) is 1.86. The number of ether oxygens (including phenoxy) is 1. The second kappa shape index (κ2) is 4.24. The molecule has 0 radical (unpaired) electrons. The number of aromatic amines is 1. The average Bonchev–Trinajstić information content (AvgIpc) is 2.68. The molecule has 16 heavy (non-hydrogen) atoms. The first kappa shape index (κ1) is 10.5. The second-order valence-electron chi connectivity index (χ2n) is 3.05. The number of halogens is 1. The summed E-state index contributed by atoms with van der Waals surface area (Å²) in [6, 6.07) is 7.86. The maximum Gasteiger partial charge on any atom is 0.361 e. The normalized spacial score (nSPS) is 10.1. The van der Waals surface area contributed by atoms with E-state index in [1.807, 2.05) is 0 Å². The molecule has 0 spiro atoms. The van der Waals surface area contributed by atoms with Crippen molar-refractivity contribution in [2.75, 3.05) is 5.73 Å². The standard InChI is InChI=1S/C10H8ClN3O2/c11-6-1-3-7(4-2-6)16-10(15)8-5-9(12)14-13-8/h1-5H,(H3,12,13,14). The molecule has 0 atom stereocenters. The number of hydrogen-bond acceptors (Lipinski definition) is 4. The van der Waals surface area contributed by atoms with Gasteiger partial charge in [0.2, 0.25) is 0 Å². The summed E-state index contributed by atoms with van der Waals surface area (Å²) in [6.45, 7) is 0. The highest BCUT2D eigenvalue weighted by molar-refractivity contribution is 6.30. The number of carbonyl (C=O) groups is 1. The molecular formula is C10H8ClN3O2. The topological polar surface area (TPSA) is 81.0 Å². The van der Waals surface area contributed by atoms with Crippen LogP contribution in [0.2, 0.25) is 5.02 Å². The summed E-state index contributed by atoms with van der Waals surface area (Å²) >= 11 is 5.70. The average molecular weight is 238 g/mol. The fraction of sp³-hybridized carbons (Fsp3) is 0. The second-order valence-corrected chi connectivity index (χ2v) is 3.49. The molecule has 0 aliphatic heterocycles. The van der Waals surface area contributed by atoms with E-state index in [-0.39, 0.29) is 11.5 Å². The van der Waals surface area contributed by atoms with Crippen molar-refractivity contribution in [3.63, 3.8) is 0 Å². The van der Waals surface area contributed by atoms with Crippen molar-refractivity contribution in [3.8, 4) is 5.75 Å². The molecule has 5 nitrogen and oxygen atoms in total. The van der Waals surface area contributed by atoms with E-state index < -0.39 is 5.97 Å². The number of H-pyrrole nitrogens is 1. The van der Waals surface area contributed by atoms with Crippen molar-refractivity contribution >= 4 is 23.4 Å². The third-order valence-electron chi connectivity index (χ3n) is 1.84. The van der Waals surface area contributed by atoms with Gasteiger partial charge < -0.3 is 10.5 Å². The van der Waals surface area contributed by atoms with E-state index in [0.29, 0.717) is 10.8 Å². The Bertz CT molecular complexity index is 507. The fourth-order valence-corrected chi connectivity index (χ4v) is 1.23. The molecule has 82 valence electrons. The summed E-state index contributed by atoms with van der Waals surface area (Å²) in [4.78, 5) is 11.5. The van der Waals surface area contributed by atoms with E-state index in [1.54, 1.807) is 24.3 Å². The van der Waals surface area contributed by atoms with Gasteiger partial charge in [-0.05, 0) is 24.3 Å². The Hall–Kier alpha value is -2.01. The monoisotopic (exact) mass is 237 g/mol. The first-order valence-electron chi connectivity index (χ1n) is 4.44. The molecule has 6 heteroatoms. The largest absolute Gasteiger partial charge is 0.422 e. The number of nitrogens with one attached hydrogen (secondary N) is 1. The van der Waals surface area contributed by atoms with Gasteiger partial charge in [0.25, 0.3) is 0 Å². The number of aromatic nitrogens is 2. The van der Waals surface area contributed by atoms with Gasteiger partial charge in [0.1, 0.15) is 17.3 Å². The van der Waals surface area contributed by atoms with Crippen LogP contribution in [0.4, 0.5) is 5.82 Å². The van der Waals surface area contributed by atoms with Crippen molar-refractivity contribution in [1.29, 1.82) is 0 Å². The predicted molar refractivity (Wildman–Crippen MR) is 59.4 cm³/mol. The van der Waals surface area contributed by atoms with E-state index in [0.717, 1.165) is 0 Å². The minimum absolute atomic E-state index is 0.201. The fourth-order valence-electron chi connectivity index (χ4n) is 1.11. The number of hydrogen-bond donors (Lipinski definition) is 2. The molecule has 1 aromatic carbocycles. The number of nitrogens with zero attached hydrogens (tertiary/aromatic N) is 1. The lowest BCUT2D eigenvalue weighted by Gasteiger charge is -2.01. The van der Waals surface area contributed by atoms with Crippen molar-refractivity contribution in [1.82, 2.24) is 10.2 Å². The first-order chi connectivity index (χ1) is 7.65. The van der Waals surface area contributed by atoms with Crippen molar-refractivity contribution < 1.29 is 9.53 Å². The van der Waals surface area contributed by atoms with Crippen LogP contribution in [0.1, 0.15) is 10.5 Å². The van der Waals surface area contributed by atoms with Crippen LogP contribution < -0.4 is 10.5 Å². The van der Waals surface area contributed by atoms with Crippen LogP contribution in [0, 0.1) is 0 Å². The Kier molecular flexibility index (Phi) is 2.78. The molecule has 3 N–H and O–H groups in total. The van der Waals surface area contributed by atoms with E-state index in [9.17, 15) is 4.79 Å². The number of nitrogen functional groups attached to an aromatic ring is 1. The summed E-state index contributed by atoms with van der Waals surface area (Å²) in [5.74, 6) is 0.0946. The zero-order valence-corrected chi connectivity index (χ0v) is 8.86. The van der Waals surface area contributed by atoms with E-state index in [1.165, 1.54) is 6.07 Å². The molecule has 0 amide bonds. The van der Waals surface area contributed by atoms with Crippen LogP contribution in [0.25, 0.3) is 0 Å². The Morgan fingerprint density at radius 3 is 2.62 bits per heavy atom. The smallest absolute Gasteiger partial charge is 0.361 e. The Balaban J connectivity index is 2.10. The van der Waals surface area contributed by atoms with Crippen molar-refractivity contribution in [3.05, 3.63) is 41.0 Å². The van der Waals surface area contributed by atoms with Gasteiger partial charge in [0.05, 0.1) is 0 Å². The lowest BCUT2D eigenvalue weighted by atomic mass is 10.3. The number of carbonyl (C=O) groups excluding carboxylic acids is 1. The van der Waals surface area contributed by atoms with Gasteiger partial charge >= 0.3 is 5.97 Å². The van der Waals surface area contributed by atoms with E-state index in [4.69, 9.17) is 22.1 Å². The van der Waals surface area contributed by atoms with Gasteiger partial charge in [0.15, 0.2) is 0 Å².